The molecule has 0 aliphatic carbocycles. The third-order valence-electron chi connectivity index (χ3n) is 3.56. The van der Waals surface area contributed by atoms with E-state index in [2.05, 4.69) is 26.0 Å². The third-order valence-corrected chi connectivity index (χ3v) is 5.49. The predicted octanol–water partition coefficient (Wildman–Crippen LogP) is 4.12. The Balaban J connectivity index is 2.10. The maximum absolute atomic E-state index is 12.4. The zero-order chi connectivity index (χ0) is 18.4. The van der Waals surface area contributed by atoms with Crippen LogP contribution >= 0.6 is 15.9 Å². The van der Waals surface area contributed by atoms with Crippen molar-refractivity contribution < 1.29 is 13.2 Å². The lowest BCUT2D eigenvalue weighted by Gasteiger charge is -2.19. The molecule has 0 fully saturated rings. The Hall–Kier alpha value is -2.06. The Morgan fingerprint density at radius 2 is 1.48 bits per heavy atom. The Labute approximate surface area is 156 Å². The number of amides is 2. The Morgan fingerprint density at radius 1 is 0.960 bits per heavy atom. The summed E-state index contributed by atoms with van der Waals surface area (Å²) in [5.41, 5.74) is 1.02. The molecule has 0 aliphatic rings. The Morgan fingerprint density at radius 3 is 2.00 bits per heavy atom. The predicted molar refractivity (Wildman–Crippen MR) is 103 cm³/mol. The molecule has 0 aromatic heterocycles. The minimum absolute atomic E-state index is 0.122. The molecule has 0 saturated heterocycles. The average Bonchev–Trinajstić information content (AvgIpc) is 2.58. The van der Waals surface area contributed by atoms with E-state index in [0.717, 1.165) is 4.47 Å². The molecule has 2 aromatic rings. The van der Waals surface area contributed by atoms with Crippen LogP contribution in [0.15, 0.2) is 57.9 Å². The maximum atomic E-state index is 12.4. The lowest BCUT2D eigenvalue weighted by molar-refractivity contribution is 0.217. The zero-order valence-corrected chi connectivity index (χ0v) is 16.4. The first-order valence-corrected chi connectivity index (χ1v) is 10.1. The van der Waals surface area contributed by atoms with Gasteiger partial charge in [0.2, 0.25) is 0 Å². The average molecular weight is 426 g/mol. The minimum Gasteiger partial charge on any atom is -0.325 e. The third kappa shape index (κ3) is 5.20. The van der Waals surface area contributed by atoms with Gasteiger partial charge in [0.1, 0.15) is 0 Å². The number of hydrogen-bond acceptors (Lipinski definition) is 3. The molecule has 25 heavy (non-hydrogen) atoms. The van der Waals surface area contributed by atoms with Gasteiger partial charge in [0.15, 0.2) is 0 Å². The van der Waals surface area contributed by atoms with E-state index in [1.165, 1.54) is 12.1 Å². The van der Waals surface area contributed by atoms with Gasteiger partial charge < -0.3 is 10.2 Å². The fourth-order valence-electron chi connectivity index (χ4n) is 2.16. The number of nitrogens with one attached hydrogen (secondary N) is 2. The number of urea groups is 1. The van der Waals surface area contributed by atoms with Crippen LogP contribution in [-0.2, 0) is 10.0 Å². The summed E-state index contributed by atoms with van der Waals surface area (Å²) in [6.45, 7) is 5.00. The summed E-state index contributed by atoms with van der Waals surface area (Å²) >= 11 is 3.30. The van der Waals surface area contributed by atoms with Gasteiger partial charge in [-0.2, -0.15) is 0 Å². The van der Waals surface area contributed by atoms with E-state index in [1.807, 2.05) is 13.8 Å². The molecule has 0 spiro atoms. The fourth-order valence-corrected chi connectivity index (χ4v) is 3.49. The topological polar surface area (TPSA) is 78.5 Å². The first-order valence-electron chi connectivity index (χ1n) is 7.80. The van der Waals surface area contributed by atoms with Gasteiger partial charge in [0.05, 0.1) is 4.90 Å². The van der Waals surface area contributed by atoms with Crippen LogP contribution in [0.5, 0.6) is 0 Å². The van der Waals surface area contributed by atoms with Gasteiger partial charge in [0, 0.05) is 28.9 Å². The first-order chi connectivity index (χ1) is 11.9. The molecule has 2 rings (SSSR count). The molecular formula is C17H20BrN3O3S. The quantitative estimate of drug-likeness (QED) is 0.730. The second-order valence-electron chi connectivity index (χ2n) is 5.24. The molecule has 0 radical (unpaired) electrons. The van der Waals surface area contributed by atoms with Crippen molar-refractivity contribution in [3.8, 4) is 0 Å². The van der Waals surface area contributed by atoms with Crippen LogP contribution in [0.2, 0.25) is 0 Å². The number of carbonyl (C=O) groups excluding carboxylic acids is 1. The molecule has 2 aromatic carbocycles. The van der Waals surface area contributed by atoms with Gasteiger partial charge >= 0.3 is 6.03 Å². The Bertz CT molecular complexity index is 817. The fraction of sp³-hybridized carbons (Fsp3) is 0.235. The number of hydrogen-bond donors (Lipinski definition) is 2. The highest BCUT2D eigenvalue weighted by Gasteiger charge is 2.15. The molecule has 0 aliphatic heterocycles. The van der Waals surface area contributed by atoms with Crippen LogP contribution in [0.4, 0.5) is 16.2 Å². The number of anilines is 2. The van der Waals surface area contributed by atoms with Crippen molar-refractivity contribution in [2.75, 3.05) is 23.1 Å². The van der Waals surface area contributed by atoms with E-state index < -0.39 is 10.0 Å². The van der Waals surface area contributed by atoms with Crippen LogP contribution in [0.3, 0.4) is 0 Å². The highest BCUT2D eigenvalue weighted by molar-refractivity contribution is 9.10. The monoisotopic (exact) mass is 425 g/mol. The standard InChI is InChI=1S/C17H20BrN3O3S/c1-3-21(4-2)17(22)19-14-9-11-16(12-10-14)25(23,24)20-15-7-5-13(18)6-8-15/h5-12,20H,3-4H2,1-2H3,(H,19,22). The summed E-state index contributed by atoms with van der Waals surface area (Å²) < 4.78 is 28.2. The number of benzene rings is 2. The summed E-state index contributed by atoms with van der Waals surface area (Å²) in [4.78, 5) is 13.8. The number of halogens is 1. The molecular weight excluding hydrogens is 406 g/mol. The second-order valence-corrected chi connectivity index (χ2v) is 7.84. The smallest absolute Gasteiger partial charge is 0.321 e. The van der Waals surface area contributed by atoms with Crippen molar-refractivity contribution in [1.82, 2.24) is 4.90 Å². The van der Waals surface area contributed by atoms with E-state index in [1.54, 1.807) is 41.3 Å². The maximum Gasteiger partial charge on any atom is 0.321 e. The number of nitrogens with zero attached hydrogens (tertiary/aromatic N) is 1. The van der Waals surface area contributed by atoms with E-state index in [9.17, 15) is 13.2 Å². The van der Waals surface area contributed by atoms with Crippen molar-refractivity contribution in [3.05, 3.63) is 53.0 Å². The van der Waals surface area contributed by atoms with Crippen LogP contribution in [0.1, 0.15) is 13.8 Å². The van der Waals surface area contributed by atoms with Crippen LogP contribution in [0, 0.1) is 0 Å². The van der Waals surface area contributed by atoms with E-state index >= 15 is 0 Å². The van der Waals surface area contributed by atoms with Crippen molar-refractivity contribution in [2.24, 2.45) is 0 Å². The van der Waals surface area contributed by atoms with Crippen molar-refractivity contribution in [2.45, 2.75) is 18.7 Å². The van der Waals surface area contributed by atoms with E-state index in [0.29, 0.717) is 24.5 Å². The highest BCUT2D eigenvalue weighted by Crippen LogP contribution is 2.20. The van der Waals surface area contributed by atoms with Crippen molar-refractivity contribution in [3.63, 3.8) is 0 Å². The molecule has 0 saturated carbocycles. The molecule has 0 heterocycles. The number of rotatable bonds is 6. The van der Waals surface area contributed by atoms with Crippen LogP contribution in [0.25, 0.3) is 0 Å². The van der Waals surface area contributed by atoms with Gasteiger partial charge in [0.25, 0.3) is 10.0 Å². The molecule has 0 unspecified atom stereocenters. The summed E-state index contributed by atoms with van der Waals surface area (Å²) in [6, 6.07) is 12.7. The van der Waals surface area contributed by atoms with E-state index in [-0.39, 0.29) is 10.9 Å². The molecule has 6 nitrogen and oxygen atoms in total. The first kappa shape index (κ1) is 19.3. The number of carbonyl (C=O) groups is 1. The zero-order valence-electron chi connectivity index (χ0n) is 14.0. The normalized spacial score (nSPS) is 11.0. The second kappa shape index (κ2) is 8.35. The van der Waals surface area contributed by atoms with Gasteiger partial charge in [-0.25, -0.2) is 13.2 Å². The van der Waals surface area contributed by atoms with Crippen LogP contribution in [-0.4, -0.2) is 32.4 Å². The van der Waals surface area contributed by atoms with Gasteiger partial charge in [-0.15, -0.1) is 0 Å². The molecule has 8 heteroatoms. The lowest BCUT2D eigenvalue weighted by atomic mass is 10.3. The molecule has 0 bridgehead atoms. The molecule has 134 valence electrons. The SMILES string of the molecule is CCN(CC)C(=O)Nc1ccc(S(=O)(=O)Nc2ccc(Br)cc2)cc1. The minimum atomic E-state index is -3.69. The van der Waals surface area contributed by atoms with Gasteiger partial charge in [-0.1, -0.05) is 15.9 Å². The Kier molecular flexibility index (Phi) is 6.44. The van der Waals surface area contributed by atoms with Crippen molar-refractivity contribution in [1.29, 1.82) is 0 Å². The summed E-state index contributed by atoms with van der Waals surface area (Å²) in [6.07, 6.45) is 0. The highest BCUT2D eigenvalue weighted by atomic mass is 79.9. The number of sulfonamides is 1. The molecule has 2 amide bonds. The van der Waals surface area contributed by atoms with E-state index in [4.69, 9.17) is 0 Å². The van der Waals surface area contributed by atoms with Crippen LogP contribution < -0.4 is 10.0 Å². The lowest BCUT2D eigenvalue weighted by Crippen LogP contribution is -2.34. The summed E-state index contributed by atoms with van der Waals surface area (Å²) in [5, 5.41) is 2.74. The van der Waals surface area contributed by atoms with Gasteiger partial charge in [-0.3, -0.25) is 4.72 Å². The van der Waals surface area contributed by atoms with Crippen molar-refractivity contribution >= 4 is 43.4 Å². The molecule has 2 N–H and O–H groups in total. The molecule has 0 atom stereocenters. The van der Waals surface area contributed by atoms with Gasteiger partial charge in [-0.05, 0) is 62.4 Å². The summed E-state index contributed by atoms with van der Waals surface area (Å²) in [5.74, 6) is 0. The largest absolute Gasteiger partial charge is 0.325 e. The summed E-state index contributed by atoms with van der Waals surface area (Å²) in [7, 11) is -3.69.